The number of hydrogen-bond donors (Lipinski definition) is 2. The monoisotopic (exact) mass is 246 g/mol. The van der Waals surface area contributed by atoms with E-state index in [2.05, 4.69) is 20.4 Å². The number of nitrogen functional groups attached to an aromatic ring is 1. The smallest absolute Gasteiger partial charge is 0.242 e. The number of nitrogens with two attached hydrogens (primary N) is 1. The summed E-state index contributed by atoms with van der Waals surface area (Å²) in [5.74, 6) is 0.00839. The Balaban J connectivity index is 1.87. The lowest BCUT2D eigenvalue weighted by Crippen LogP contribution is -2.27. The van der Waals surface area contributed by atoms with Crippen molar-refractivity contribution in [2.45, 2.75) is 20.0 Å². The fourth-order valence-electron chi connectivity index (χ4n) is 1.46. The molecule has 0 atom stereocenters. The molecule has 0 aliphatic carbocycles. The number of nitrogens with zero attached hydrogens (tertiary/aromatic N) is 4. The van der Waals surface area contributed by atoms with Crippen molar-refractivity contribution in [3.8, 4) is 0 Å². The first-order valence-corrected chi connectivity index (χ1v) is 5.46. The van der Waals surface area contributed by atoms with Crippen molar-refractivity contribution >= 4 is 11.9 Å². The van der Waals surface area contributed by atoms with Crippen LogP contribution < -0.4 is 11.1 Å². The van der Waals surface area contributed by atoms with E-state index in [1.165, 1.54) is 11.0 Å². The number of aryl methyl sites for hydroxylation is 1. The highest BCUT2D eigenvalue weighted by atomic mass is 16.2. The Morgan fingerprint density at radius 1 is 1.56 bits per heavy atom. The maximum Gasteiger partial charge on any atom is 0.242 e. The maximum absolute atomic E-state index is 11.6. The summed E-state index contributed by atoms with van der Waals surface area (Å²) in [5, 5.41) is 6.62. The molecule has 2 aromatic heterocycles. The fraction of sp³-hybridized carbons (Fsp3) is 0.273. The van der Waals surface area contributed by atoms with Crippen LogP contribution >= 0.6 is 0 Å². The van der Waals surface area contributed by atoms with E-state index in [1.807, 2.05) is 13.0 Å². The van der Waals surface area contributed by atoms with Crippen molar-refractivity contribution in [2.24, 2.45) is 0 Å². The minimum Gasteiger partial charge on any atom is -0.367 e. The summed E-state index contributed by atoms with van der Waals surface area (Å²) in [7, 11) is 0. The summed E-state index contributed by atoms with van der Waals surface area (Å²) in [6.07, 6.45) is 4.88. The molecular formula is C11H14N6O. The molecule has 0 aliphatic rings. The normalized spacial score (nSPS) is 10.3. The Labute approximate surface area is 104 Å². The van der Waals surface area contributed by atoms with Gasteiger partial charge in [0.2, 0.25) is 11.9 Å². The van der Waals surface area contributed by atoms with E-state index in [0.29, 0.717) is 6.54 Å². The Morgan fingerprint density at radius 3 is 3.06 bits per heavy atom. The summed E-state index contributed by atoms with van der Waals surface area (Å²) < 4.78 is 1.39. The van der Waals surface area contributed by atoms with Gasteiger partial charge in [-0.3, -0.25) is 9.78 Å². The number of pyridine rings is 1. The molecule has 7 heteroatoms. The predicted octanol–water partition coefficient (Wildman–Crippen LogP) is -0.120. The van der Waals surface area contributed by atoms with Crippen LogP contribution in [0.3, 0.4) is 0 Å². The highest BCUT2D eigenvalue weighted by Crippen LogP contribution is 2.03. The second kappa shape index (κ2) is 5.26. The third kappa shape index (κ3) is 3.03. The summed E-state index contributed by atoms with van der Waals surface area (Å²) in [5.41, 5.74) is 7.44. The Kier molecular flexibility index (Phi) is 3.52. The molecule has 1 amide bonds. The second-order valence-electron chi connectivity index (χ2n) is 3.88. The van der Waals surface area contributed by atoms with Gasteiger partial charge < -0.3 is 11.1 Å². The molecule has 2 heterocycles. The molecule has 0 saturated carbocycles. The molecule has 0 aromatic carbocycles. The van der Waals surface area contributed by atoms with Gasteiger partial charge in [0.05, 0.1) is 0 Å². The van der Waals surface area contributed by atoms with Crippen molar-refractivity contribution in [1.29, 1.82) is 0 Å². The van der Waals surface area contributed by atoms with Crippen LogP contribution in [0, 0.1) is 6.92 Å². The van der Waals surface area contributed by atoms with Gasteiger partial charge in [-0.15, -0.1) is 5.10 Å². The number of amides is 1. The van der Waals surface area contributed by atoms with Crippen LogP contribution in [0.1, 0.15) is 11.1 Å². The van der Waals surface area contributed by atoms with Gasteiger partial charge in [0, 0.05) is 18.9 Å². The molecule has 2 aromatic rings. The summed E-state index contributed by atoms with van der Waals surface area (Å²) >= 11 is 0. The van der Waals surface area contributed by atoms with Gasteiger partial charge in [0.1, 0.15) is 12.9 Å². The average Bonchev–Trinajstić information content (AvgIpc) is 2.74. The van der Waals surface area contributed by atoms with E-state index in [9.17, 15) is 4.79 Å². The summed E-state index contributed by atoms with van der Waals surface area (Å²) in [6, 6.07) is 1.90. The zero-order valence-corrected chi connectivity index (χ0v) is 10.00. The van der Waals surface area contributed by atoms with E-state index < -0.39 is 0 Å². The zero-order chi connectivity index (χ0) is 13.0. The predicted molar refractivity (Wildman–Crippen MR) is 65.3 cm³/mol. The molecule has 0 radical (unpaired) electrons. The van der Waals surface area contributed by atoms with Gasteiger partial charge in [-0.2, -0.15) is 0 Å². The minimum absolute atomic E-state index is 0.101. The molecule has 0 saturated heterocycles. The number of rotatable bonds is 4. The van der Waals surface area contributed by atoms with Crippen molar-refractivity contribution in [3.05, 3.63) is 35.9 Å². The van der Waals surface area contributed by atoms with Gasteiger partial charge in [-0.1, -0.05) is 0 Å². The van der Waals surface area contributed by atoms with E-state index in [0.717, 1.165) is 11.1 Å². The lowest BCUT2D eigenvalue weighted by Gasteiger charge is -2.07. The first-order chi connectivity index (χ1) is 8.65. The topological polar surface area (TPSA) is 98.7 Å². The third-order valence-electron chi connectivity index (χ3n) is 2.48. The van der Waals surface area contributed by atoms with Crippen LogP contribution in [-0.4, -0.2) is 25.7 Å². The second-order valence-corrected chi connectivity index (χ2v) is 3.88. The standard InChI is InChI=1S/C11H14N6O/c1-8-2-3-13-4-9(8)5-14-10(18)6-17-7-15-11(12)16-17/h2-4,7H,5-6H2,1H3,(H2,12,16)(H,14,18). The van der Waals surface area contributed by atoms with E-state index >= 15 is 0 Å². The van der Waals surface area contributed by atoms with Crippen molar-refractivity contribution in [1.82, 2.24) is 25.1 Å². The lowest BCUT2D eigenvalue weighted by atomic mass is 10.1. The molecule has 0 aliphatic heterocycles. The molecule has 0 fully saturated rings. The Morgan fingerprint density at radius 2 is 2.39 bits per heavy atom. The average molecular weight is 246 g/mol. The van der Waals surface area contributed by atoms with E-state index in [1.54, 1.807) is 12.4 Å². The van der Waals surface area contributed by atoms with Crippen molar-refractivity contribution in [3.63, 3.8) is 0 Å². The Hall–Kier alpha value is -2.44. The molecule has 0 unspecified atom stereocenters. The highest BCUT2D eigenvalue weighted by molar-refractivity contribution is 5.75. The fourth-order valence-corrected chi connectivity index (χ4v) is 1.46. The zero-order valence-electron chi connectivity index (χ0n) is 10.00. The van der Waals surface area contributed by atoms with E-state index in [-0.39, 0.29) is 18.4 Å². The van der Waals surface area contributed by atoms with Crippen LogP contribution in [0.15, 0.2) is 24.8 Å². The van der Waals surface area contributed by atoms with Gasteiger partial charge >= 0.3 is 0 Å². The summed E-state index contributed by atoms with van der Waals surface area (Å²) in [4.78, 5) is 19.4. The lowest BCUT2D eigenvalue weighted by molar-refractivity contribution is -0.122. The molecule has 3 N–H and O–H groups in total. The molecule has 0 spiro atoms. The molecular weight excluding hydrogens is 232 g/mol. The number of aromatic nitrogens is 4. The molecule has 0 bridgehead atoms. The molecule has 2 rings (SSSR count). The number of carbonyl (C=O) groups is 1. The van der Waals surface area contributed by atoms with Crippen LogP contribution in [0.25, 0.3) is 0 Å². The van der Waals surface area contributed by atoms with Crippen molar-refractivity contribution < 1.29 is 4.79 Å². The number of carbonyl (C=O) groups excluding carboxylic acids is 1. The first-order valence-electron chi connectivity index (χ1n) is 5.46. The number of hydrogen-bond acceptors (Lipinski definition) is 5. The van der Waals surface area contributed by atoms with Crippen LogP contribution in [0.2, 0.25) is 0 Å². The molecule has 18 heavy (non-hydrogen) atoms. The van der Waals surface area contributed by atoms with Gasteiger partial charge in [-0.25, -0.2) is 9.67 Å². The van der Waals surface area contributed by atoms with Crippen LogP contribution in [0.5, 0.6) is 0 Å². The summed E-state index contributed by atoms with van der Waals surface area (Å²) in [6.45, 7) is 2.52. The van der Waals surface area contributed by atoms with Crippen molar-refractivity contribution in [2.75, 3.05) is 5.73 Å². The van der Waals surface area contributed by atoms with Crippen LogP contribution in [0.4, 0.5) is 5.95 Å². The molecule has 7 nitrogen and oxygen atoms in total. The SMILES string of the molecule is Cc1ccncc1CNC(=O)Cn1cnc(N)n1. The number of nitrogens with one attached hydrogen (secondary N) is 1. The van der Waals surface area contributed by atoms with Crippen LogP contribution in [-0.2, 0) is 17.9 Å². The highest BCUT2D eigenvalue weighted by Gasteiger charge is 2.05. The quantitative estimate of drug-likeness (QED) is 0.783. The first kappa shape index (κ1) is 12.0. The van der Waals surface area contributed by atoms with E-state index in [4.69, 9.17) is 5.73 Å². The Bertz CT molecular complexity index is 550. The van der Waals surface area contributed by atoms with Gasteiger partial charge in [-0.05, 0) is 24.1 Å². The van der Waals surface area contributed by atoms with Gasteiger partial charge in [0.25, 0.3) is 0 Å². The van der Waals surface area contributed by atoms with Gasteiger partial charge in [0.15, 0.2) is 0 Å². The minimum atomic E-state index is -0.150. The third-order valence-corrected chi connectivity index (χ3v) is 2.48. The maximum atomic E-state index is 11.6. The molecule has 94 valence electrons. The number of anilines is 1. The largest absolute Gasteiger partial charge is 0.367 e.